The summed E-state index contributed by atoms with van der Waals surface area (Å²) in [4.78, 5) is 0. The minimum Gasteiger partial charge on any atom is -0.384 e. The molecule has 2 unspecified atom stereocenters. The van der Waals surface area contributed by atoms with Crippen LogP contribution in [0.25, 0.3) is 0 Å². The molecule has 0 aromatic carbocycles. The average Bonchev–Trinajstić information content (AvgIpc) is 1.63. The zero-order valence-electron chi connectivity index (χ0n) is 6.36. The molecule has 0 saturated heterocycles. The third-order valence-electron chi connectivity index (χ3n) is 1.18. The van der Waals surface area contributed by atoms with Crippen molar-refractivity contribution in [3.05, 3.63) is 0 Å². The van der Waals surface area contributed by atoms with Gasteiger partial charge in [-0.25, -0.2) is 0 Å². The van der Waals surface area contributed by atoms with Gasteiger partial charge in [0.2, 0.25) is 0 Å². The van der Waals surface area contributed by atoms with Crippen LogP contribution in [-0.2, 0) is 4.74 Å². The molecule has 0 spiro atoms. The van der Waals surface area contributed by atoms with Crippen molar-refractivity contribution in [2.45, 2.75) is 25.6 Å². The lowest BCUT2D eigenvalue weighted by atomic mass is 10.1. The van der Waals surface area contributed by atoms with Gasteiger partial charge in [-0.3, -0.25) is 0 Å². The van der Waals surface area contributed by atoms with E-state index < -0.39 is 0 Å². The number of hydrogen-bond acceptors (Lipinski definition) is 1. The number of methoxy groups -OCH3 is 1. The monoisotopic (exact) mass is 150 g/mol. The number of halogens is 1. The molecule has 2 atom stereocenters. The van der Waals surface area contributed by atoms with Gasteiger partial charge in [-0.1, -0.05) is 6.92 Å². The maximum atomic E-state index is 5.75. The first-order valence-corrected chi connectivity index (χ1v) is 3.73. The highest BCUT2D eigenvalue weighted by Crippen LogP contribution is 2.09. The van der Waals surface area contributed by atoms with E-state index in [4.69, 9.17) is 16.3 Å². The molecule has 9 heavy (non-hydrogen) atoms. The molecule has 2 heteroatoms. The van der Waals surface area contributed by atoms with Gasteiger partial charge in [0.05, 0.1) is 0 Å². The van der Waals surface area contributed by atoms with Crippen LogP contribution in [-0.4, -0.2) is 19.1 Å². The predicted molar refractivity (Wildman–Crippen MR) is 41.0 cm³/mol. The molecule has 56 valence electrons. The Hall–Kier alpha value is 0.250. The molecule has 0 aromatic rings. The molecular weight excluding hydrogens is 136 g/mol. The summed E-state index contributed by atoms with van der Waals surface area (Å²) < 4.78 is 4.95. The van der Waals surface area contributed by atoms with E-state index in [9.17, 15) is 0 Å². The van der Waals surface area contributed by atoms with Crippen LogP contribution in [0.5, 0.6) is 0 Å². The largest absolute Gasteiger partial charge is 0.384 e. The van der Waals surface area contributed by atoms with Crippen LogP contribution >= 0.6 is 11.6 Å². The van der Waals surface area contributed by atoms with Crippen molar-refractivity contribution in [1.82, 2.24) is 0 Å². The zero-order chi connectivity index (χ0) is 7.28. The SMILES string of the molecule is COCC(C)CC(C)Cl. The summed E-state index contributed by atoms with van der Waals surface area (Å²) in [7, 11) is 1.72. The van der Waals surface area contributed by atoms with Crippen molar-refractivity contribution in [3.63, 3.8) is 0 Å². The molecule has 0 saturated carbocycles. The maximum absolute atomic E-state index is 5.75. The van der Waals surface area contributed by atoms with Crippen molar-refractivity contribution in [1.29, 1.82) is 0 Å². The van der Waals surface area contributed by atoms with Crippen LogP contribution in [0.4, 0.5) is 0 Å². The van der Waals surface area contributed by atoms with E-state index in [0.717, 1.165) is 13.0 Å². The molecule has 0 aliphatic rings. The van der Waals surface area contributed by atoms with E-state index >= 15 is 0 Å². The van der Waals surface area contributed by atoms with E-state index in [-0.39, 0.29) is 5.38 Å². The Bertz CT molecular complexity index is 63.9. The molecule has 0 N–H and O–H groups in total. The first kappa shape index (κ1) is 9.25. The standard InChI is InChI=1S/C7H15ClO/c1-6(5-9-3)4-7(2)8/h6-7H,4-5H2,1-3H3. The second-order valence-corrected chi connectivity index (χ2v) is 3.32. The minimum absolute atomic E-state index is 0.273. The van der Waals surface area contributed by atoms with E-state index in [1.807, 2.05) is 6.92 Å². The van der Waals surface area contributed by atoms with Crippen LogP contribution < -0.4 is 0 Å². The molecule has 0 heterocycles. The van der Waals surface area contributed by atoms with Crippen molar-refractivity contribution < 1.29 is 4.74 Å². The van der Waals surface area contributed by atoms with Crippen LogP contribution in [0.15, 0.2) is 0 Å². The number of hydrogen-bond donors (Lipinski definition) is 0. The number of rotatable bonds is 4. The van der Waals surface area contributed by atoms with E-state index in [2.05, 4.69) is 6.92 Å². The Morgan fingerprint density at radius 1 is 1.44 bits per heavy atom. The fraction of sp³-hybridized carbons (Fsp3) is 1.00. The highest BCUT2D eigenvalue weighted by molar-refractivity contribution is 6.20. The second kappa shape index (κ2) is 5.07. The summed E-state index contributed by atoms with van der Waals surface area (Å²) in [6.07, 6.45) is 1.04. The van der Waals surface area contributed by atoms with Gasteiger partial charge in [0, 0.05) is 19.1 Å². The van der Waals surface area contributed by atoms with Crippen LogP contribution in [0.3, 0.4) is 0 Å². The Kier molecular flexibility index (Phi) is 5.21. The van der Waals surface area contributed by atoms with Crippen LogP contribution in [0, 0.1) is 5.92 Å². The average molecular weight is 151 g/mol. The summed E-state index contributed by atoms with van der Waals surface area (Å²) in [5, 5.41) is 0.273. The summed E-state index contributed by atoms with van der Waals surface area (Å²) in [5.74, 6) is 0.586. The lowest BCUT2D eigenvalue weighted by Crippen LogP contribution is -2.07. The van der Waals surface area contributed by atoms with E-state index in [0.29, 0.717) is 5.92 Å². The highest BCUT2D eigenvalue weighted by atomic mass is 35.5. The molecule has 0 aliphatic heterocycles. The molecule has 0 fully saturated rings. The van der Waals surface area contributed by atoms with Crippen LogP contribution in [0.1, 0.15) is 20.3 Å². The Morgan fingerprint density at radius 2 is 2.00 bits per heavy atom. The second-order valence-electron chi connectivity index (χ2n) is 2.58. The lowest BCUT2D eigenvalue weighted by molar-refractivity contribution is 0.156. The Balaban J connectivity index is 3.15. The highest BCUT2D eigenvalue weighted by Gasteiger charge is 2.04. The van der Waals surface area contributed by atoms with Gasteiger partial charge in [-0.2, -0.15) is 0 Å². The van der Waals surface area contributed by atoms with Crippen molar-refractivity contribution >= 4 is 11.6 Å². The predicted octanol–water partition coefficient (Wildman–Crippen LogP) is 2.29. The topological polar surface area (TPSA) is 9.23 Å². The summed E-state index contributed by atoms with van der Waals surface area (Å²) in [5.41, 5.74) is 0. The van der Waals surface area contributed by atoms with E-state index in [1.54, 1.807) is 7.11 Å². The molecule has 0 radical (unpaired) electrons. The normalized spacial score (nSPS) is 17.3. The minimum atomic E-state index is 0.273. The first-order valence-electron chi connectivity index (χ1n) is 3.29. The van der Waals surface area contributed by atoms with Gasteiger partial charge in [0.25, 0.3) is 0 Å². The molecule has 0 aromatic heterocycles. The summed E-state index contributed by atoms with van der Waals surface area (Å²) in [6, 6.07) is 0. The molecule has 0 aliphatic carbocycles. The molecular formula is C7H15ClO. The zero-order valence-corrected chi connectivity index (χ0v) is 7.11. The maximum Gasteiger partial charge on any atom is 0.0488 e. The molecule has 1 nitrogen and oxygen atoms in total. The van der Waals surface area contributed by atoms with Gasteiger partial charge < -0.3 is 4.74 Å². The lowest BCUT2D eigenvalue weighted by Gasteiger charge is -2.10. The number of ether oxygens (including phenoxy) is 1. The summed E-state index contributed by atoms with van der Waals surface area (Å²) in [6.45, 7) is 4.97. The Morgan fingerprint density at radius 3 is 2.33 bits per heavy atom. The van der Waals surface area contributed by atoms with E-state index in [1.165, 1.54) is 0 Å². The third kappa shape index (κ3) is 6.13. The van der Waals surface area contributed by atoms with Gasteiger partial charge in [-0.15, -0.1) is 11.6 Å². The van der Waals surface area contributed by atoms with Gasteiger partial charge in [0.1, 0.15) is 0 Å². The molecule has 0 amide bonds. The molecule has 0 bridgehead atoms. The summed E-state index contributed by atoms with van der Waals surface area (Å²) >= 11 is 5.75. The third-order valence-corrected chi connectivity index (χ3v) is 1.36. The smallest absolute Gasteiger partial charge is 0.0488 e. The van der Waals surface area contributed by atoms with Crippen molar-refractivity contribution in [3.8, 4) is 0 Å². The van der Waals surface area contributed by atoms with Crippen LogP contribution in [0.2, 0.25) is 0 Å². The van der Waals surface area contributed by atoms with Gasteiger partial charge >= 0.3 is 0 Å². The Labute approximate surface area is 62.3 Å². The number of alkyl halides is 1. The molecule has 0 rings (SSSR count). The van der Waals surface area contributed by atoms with Gasteiger partial charge in [0.15, 0.2) is 0 Å². The van der Waals surface area contributed by atoms with Crippen molar-refractivity contribution in [2.75, 3.05) is 13.7 Å². The first-order chi connectivity index (χ1) is 4.16. The fourth-order valence-corrected chi connectivity index (χ4v) is 1.21. The van der Waals surface area contributed by atoms with Gasteiger partial charge in [-0.05, 0) is 19.3 Å². The fourth-order valence-electron chi connectivity index (χ4n) is 0.907. The quantitative estimate of drug-likeness (QED) is 0.559. The van der Waals surface area contributed by atoms with Crippen molar-refractivity contribution in [2.24, 2.45) is 5.92 Å².